The predicted octanol–water partition coefficient (Wildman–Crippen LogP) is 0.523. The lowest BCUT2D eigenvalue weighted by molar-refractivity contribution is -0.157. The van der Waals surface area contributed by atoms with Crippen molar-refractivity contribution in [2.75, 3.05) is 40.0 Å². The fraction of sp³-hybridized carbons (Fsp3) is 0.529. The second-order valence-corrected chi connectivity index (χ2v) is 6.01. The molecule has 7 nitrogen and oxygen atoms in total. The number of amides is 1. The Morgan fingerprint density at radius 3 is 2.58 bits per heavy atom. The summed E-state index contributed by atoms with van der Waals surface area (Å²) in [4.78, 5) is 26.4. The number of phenolic OH excluding ortho intramolecular Hbond substituents is 1. The summed E-state index contributed by atoms with van der Waals surface area (Å²) in [6.07, 6.45) is -0.615. The van der Waals surface area contributed by atoms with Crippen molar-refractivity contribution in [3.8, 4) is 5.75 Å². The number of rotatable bonds is 3. The number of aromatic hydroxyl groups is 1. The van der Waals surface area contributed by atoms with Crippen molar-refractivity contribution in [3.05, 3.63) is 29.8 Å². The number of esters is 1. The van der Waals surface area contributed by atoms with E-state index in [1.165, 1.54) is 7.11 Å². The number of carbonyl (C=O) groups excluding carboxylic acids is 2. The largest absolute Gasteiger partial charge is 0.508 e. The highest BCUT2D eigenvalue weighted by Crippen LogP contribution is 2.34. The lowest BCUT2D eigenvalue weighted by Gasteiger charge is -2.26. The Hall–Kier alpha value is -2.12. The van der Waals surface area contributed by atoms with Crippen molar-refractivity contribution in [3.63, 3.8) is 0 Å². The van der Waals surface area contributed by atoms with E-state index in [4.69, 9.17) is 14.2 Å². The van der Waals surface area contributed by atoms with Crippen LogP contribution in [0, 0.1) is 5.92 Å². The molecule has 2 fully saturated rings. The van der Waals surface area contributed by atoms with Crippen molar-refractivity contribution >= 4 is 11.9 Å². The molecule has 0 bridgehead atoms. The maximum atomic E-state index is 12.6. The van der Waals surface area contributed by atoms with Crippen LogP contribution in [-0.4, -0.2) is 68.0 Å². The molecule has 2 heterocycles. The van der Waals surface area contributed by atoms with Crippen LogP contribution in [0.5, 0.6) is 5.75 Å². The fourth-order valence-corrected chi connectivity index (χ4v) is 3.27. The zero-order chi connectivity index (χ0) is 17.1. The Bertz CT molecular complexity index is 596. The summed E-state index contributed by atoms with van der Waals surface area (Å²) in [5, 5.41) is 9.44. The summed E-state index contributed by atoms with van der Waals surface area (Å²) >= 11 is 0. The molecular formula is C17H21NO6. The zero-order valence-electron chi connectivity index (χ0n) is 13.5. The van der Waals surface area contributed by atoms with E-state index in [2.05, 4.69) is 0 Å². The highest BCUT2D eigenvalue weighted by molar-refractivity contribution is 5.83. The summed E-state index contributed by atoms with van der Waals surface area (Å²) in [7, 11) is 1.35. The summed E-state index contributed by atoms with van der Waals surface area (Å²) in [6, 6.07) is 6.69. The molecule has 1 N–H and O–H groups in total. The van der Waals surface area contributed by atoms with Crippen molar-refractivity contribution in [2.24, 2.45) is 5.92 Å². The van der Waals surface area contributed by atoms with Crippen LogP contribution in [0.15, 0.2) is 24.3 Å². The number of phenols is 1. The highest BCUT2D eigenvalue weighted by atomic mass is 16.6. The molecule has 0 saturated carbocycles. The van der Waals surface area contributed by atoms with Gasteiger partial charge in [0.15, 0.2) is 6.10 Å². The summed E-state index contributed by atoms with van der Waals surface area (Å²) in [6.45, 7) is 1.82. The number of benzene rings is 1. The van der Waals surface area contributed by atoms with Crippen molar-refractivity contribution in [1.82, 2.24) is 4.90 Å². The molecule has 2 saturated heterocycles. The topological polar surface area (TPSA) is 85.3 Å². The third kappa shape index (κ3) is 3.37. The van der Waals surface area contributed by atoms with Crippen LogP contribution in [0.1, 0.15) is 11.5 Å². The second-order valence-electron chi connectivity index (χ2n) is 6.01. The number of likely N-dealkylation sites (tertiary alicyclic amines) is 1. The molecule has 2 aliphatic heterocycles. The molecule has 0 aromatic heterocycles. The average Bonchev–Trinajstić information content (AvgIpc) is 3.07. The number of carbonyl (C=O) groups is 2. The first kappa shape index (κ1) is 16.7. The summed E-state index contributed by atoms with van der Waals surface area (Å²) in [5.74, 6) is -0.958. The van der Waals surface area contributed by atoms with Crippen LogP contribution in [0.2, 0.25) is 0 Å². The first-order valence-electron chi connectivity index (χ1n) is 7.95. The second kappa shape index (κ2) is 7.19. The first-order chi connectivity index (χ1) is 11.6. The normalized spacial score (nSPS) is 27.0. The molecule has 1 amide bonds. The van der Waals surface area contributed by atoms with Gasteiger partial charge in [-0.2, -0.15) is 0 Å². The Balaban J connectivity index is 1.78. The van der Waals surface area contributed by atoms with Gasteiger partial charge in [-0.1, -0.05) is 12.1 Å². The minimum Gasteiger partial charge on any atom is -0.508 e. The molecule has 0 spiro atoms. The van der Waals surface area contributed by atoms with E-state index >= 15 is 0 Å². The van der Waals surface area contributed by atoms with Crippen molar-refractivity contribution < 1.29 is 28.9 Å². The van der Waals surface area contributed by atoms with Gasteiger partial charge >= 0.3 is 5.97 Å². The Morgan fingerprint density at radius 1 is 1.21 bits per heavy atom. The quantitative estimate of drug-likeness (QED) is 0.811. The fourth-order valence-electron chi connectivity index (χ4n) is 3.27. The molecule has 24 heavy (non-hydrogen) atoms. The van der Waals surface area contributed by atoms with Crippen LogP contribution in [-0.2, 0) is 23.8 Å². The summed E-state index contributed by atoms with van der Waals surface area (Å²) in [5.41, 5.74) is 0.888. The number of hydrogen-bond acceptors (Lipinski definition) is 6. The minimum atomic E-state index is -0.615. The third-order valence-electron chi connectivity index (χ3n) is 4.55. The molecule has 1 aromatic carbocycles. The van der Waals surface area contributed by atoms with E-state index in [1.54, 1.807) is 29.2 Å². The van der Waals surface area contributed by atoms with Crippen molar-refractivity contribution in [2.45, 2.75) is 12.0 Å². The number of nitrogens with zero attached hydrogens (tertiary/aromatic N) is 1. The molecule has 3 rings (SSSR count). The monoisotopic (exact) mass is 335 g/mol. The van der Waals surface area contributed by atoms with Gasteiger partial charge in [0, 0.05) is 19.0 Å². The van der Waals surface area contributed by atoms with Crippen LogP contribution in [0.4, 0.5) is 0 Å². The van der Waals surface area contributed by atoms with Gasteiger partial charge in [-0.25, -0.2) is 0 Å². The smallest absolute Gasteiger partial charge is 0.311 e. The van der Waals surface area contributed by atoms with E-state index in [9.17, 15) is 14.7 Å². The molecule has 3 atom stereocenters. The third-order valence-corrected chi connectivity index (χ3v) is 4.55. The van der Waals surface area contributed by atoms with E-state index in [0.717, 1.165) is 5.56 Å². The molecule has 2 aliphatic rings. The maximum absolute atomic E-state index is 12.6. The van der Waals surface area contributed by atoms with Gasteiger partial charge in [0.2, 0.25) is 0 Å². The van der Waals surface area contributed by atoms with Crippen molar-refractivity contribution in [1.29, 1.82) is 0 Å². The van der Waals surface area contributed by atoms with Gasteiger partial charge in [0.1, 0.15) is 5.75 Å². The molecular weight excluding hydrogens is 314 g/mol. The zero-order valence-corrected chi connectivity index (χ0v) is 13.5. The van der Waals surface area contributed by atoms with E-state index in [1.807, 2.05) is 0 Å². The van der Waals surface area contributed by atoms with Gasteiger partial charge in [-0.15, -0.1) is 0 Å². The Labute approximate surface area is 140 Å². The van der Waals surface area contributed by atoms with E-state index in [0.29, 0.717) is 19.8 Å². The van der Waals surface area contributed by atoms with Gasteiger partial charge in [0.05, 0.1) is 32.8 Å². The van der Waals surface area contributed by atoms with Crippen LogP contribution in [0.25, 0.3) is 0 Å². The lowest BCUT2D eigenvalue weighted by atomic mass is 9.89. The molecule has 0 radical (unpaired) electrons. The predicted molar refractivity (Wildman–Crippen MR) is 83.5 cm³/mol. The SMILES string of the molecule is COC(=O)[C@@H]1CN(C(=O)C2COCCO2)C[C@H]1c1ccc(O)cc1. The number of hydrogen-bond donors (Lipinski definition) is 1. The standard InChI is InChI=1S/C17H21NO6/c1-22-17(21)14-9-18(16(20)15-10-23-6-7-24-15)8-13(14)11-2-4-12(19)5-3-11/h2-5,13-15,19H,6-10H2,1H3/t13-,14+,15?/m0/s1. The Morgan fingerprint density at radius 2 is 1.96 bits per heavy atom. The molecule has 1 unspecified atom stereocenters. The lowest BCUT2D eigenvalue weighted by Crippen LogP contribution is -2.44. The Kier molecular flexibility index (Phi) is 5.01. The van der Waals surface area contributed by atoms with E-state index < -0.39 is 12.0 Å². The summed E-state index contributed by atoms with van der Waals surface area (Å²) < 4.78 is 15.7. The van der Waals surface area contributed by atoms with Gasteiger partial charge in [-0.3, -0.25) is 9.59 Å². The maximum Gasteiger partial charge on any atom is 0.311 e. The molecule has 1 aromatic rings. The van der Waals surface area contributed by atoms with Crippen LogP contribution < -0.4 is 0 Å². The van der Waals surface area contributed by atoms with Gasteiger partial charge in [0.25, 0.3) is 5.91 Å². The van der Waals surface area contributed by atoms with E-state index in [-0.39, 0.29) is 36.7 Å². The van der Waals surface area contributed by atoms with Crippen LogP contribution in [0.3, 0.4) is 0 Å². The molecule has 130 valence electrons. The minimum absolute atomic E-state index is 0.159. The first-order valence-corrected chi connectivity index (χ1v) is 7.95. The molecule has 0 aliphatic carbocycles. The average molecular weight is 335 g/mol. The highest BCUT2D eigenvalue weighted by Gasteiger charge is 2.43. The van der Waals surface area contributed by atoms with Crippen LogP contribution >= 0.6 is 0 Å². The number of methoxy groups -OCH3 is 1. The number of ether oxygens (including phenoxy) is 3. The molecule has 7 heteroatoms. The van der Waals surface area contributed by atoms with Gasteiger partial charge in [-0.05, 0) is 17.7 Å². The van der Waals surface area contributed by atoms with Gasteiger partial charge < -0.3 is 24.2 Å².